The number of halogens is 1. The van der Waals surface area contributed by atoms with Crippen molar-refractivity contribution in [1.82, 2.24) is 5.32 Å². The number of hydrogen-bond acceptors (Lipinski definition) is 2. The van der Waals surface area contributed by atoms with Gasteiger partial charge in [0.25, 0.3) is 0 Å². The van der Waals surface area contributed by atoms with Gasteiger partial charge in [-0.15, -0.1) is 11.3 Å². The summed E-state index contributed by atoms with van der Waals surface area (Å²) in [6.07, 6.45) is 3.55. The Labute approximate surface area is 130 Å². The normalized spacial score (nSPS) is 19.0. The zero-order valence-corrected chi connectivity index (χ0v) is 13.3. The van der Waals surface area contributed by atoms with Crippen LogP contribution in [0, 0.1) is 0 Å². The molecule has 1 nitrogen and oxygen atoms in total. The summed E-state index contributed by atoms with van der Waals surface area (Å²) in [5.74, 6) is 0.632. The van der Waals surface area contributed by atoms with Gasteiger partial charge in [0.15, 0.2) is 0 Å². The first-order chi connectivity index (χ1) is 9.78. The first kappa shape index (κ1) is 14.1. The lowest BCUT2D eigenvalue weighted by Crippen LogP contribution is -2.35. The minimum Gasteiger partial charge on any atom is -0.313 e. The van der Waals surface area contributed by atoms with E-state index < -0.39 is 0 Å². The largest absolute Gasteiger partial charge is 0.313 e. The van der Waals surface area contributed by atoms with Crippen LogP contribution in [0.1, 0.15) is 35.3 Å². The molecule has 106 valence electrons. The number of nitrogens with one attached hydrogen (secondary N) is 1. The van der Waals surface area contributed by atoms with Crippen molar-refractivity contribution in [3.8, 4) is 0 Å². The molecule has 2 aromatic rings. The second-order valence-electron chi connectivity index (χ2n) is 5.42. The summed E-state index contributed by atoms with van der Waals surface area (Å²) in [4.78, 5) is 1.38. The van der Waals surface area contributed by atoms with Gasteiger partial charge in [0.05, 0.1) is 4.34 Å². The first-order valence-electron chi connectivity index (χ1n) is 7.33. The molecule has 2 unspecified atom stereocenters. The molecule has 0 bridgehead atoms. The smallest absolute Gasteiger partial charge is 0.0931 e. The highest BCUT2D eigenvalue weighted by Crippen LogP contribution is 2.37. The highest BCUT2D eigenvalue weighted by molar-refractivity contribution is 7.16. The molecule has 0 saturated carbocycles. The van der Waals surface area contributed by atoms with Crippen LogP contribution in [0.4, 0.5) is 0 Å². The summed E-state index contributed by atoms with van der Waals surface area (Å²) >= 11 is 7.77. The molecule has 2 atom stereocenters. The van der Waals surface area contributed by atoms with Crippen molar-refractivity contribution in [2.24, 2.45) is 0 Å². The lowest BCUT2D eigenvalue weighted by molar-refractivity contribution is 0.437. The third kappa shape index (κ3) is 2.93. The van der Waals surface area contributed by atoms with E-state index in [-0.39, 0.29) is 0 Å². The highest BCUT2D eigenvalue weighted by Gasteiger charge is 2.29. The van der Waals surface area contributed by atoms with Gasteiger partial charge >= 0.3 is 0 Å². The van der Waals surface area contributed by atoms with Crippen molar-refractivity contribution >= 4 is 22.9 Å². The van der Waals surface area contributed by atoms with Crippen molar-refractivity contribution in [2.75, 3.05) is 6.54 Å². The van der Waals surface area contributed by atoms with Crippen LogP contribution >= 0.6 is 22.9 Å². The second kappa shape index (κ2) is 6.30. The van der Waals surface area contributed by atoms with Gasteiger partial charge in [0.1, 0.15) is 0 Å². The highest BCUT2D eigenvalue weighted by atomic mass is 35.5. The monoisotopic (exact) mass is 305 g/mol. The van der Waals surface area contributed by atoms with Crippen molar-refractivity contribution in [1.29, 1.82) is 0 Å². The van der Waals surface area contributed by atoms with E-state index in [1.165, 1.54) is 23.3 Å². The molecule has 1 aliphatic rings. The molecule has 0 radical (unpaired) electrons. The lowest BCUT2D eigenvalue weighted by atomic mass is 9.90. The van der Waals surface area contributed by atoms with Gasteiger partial charge in [-0.3, -0.25) is 0 Å². The molecule has 1 aromatic heterocycles. The Morgan fingerprint density at radius 2 is 2.15 bits per heavy atom. The predicted octanol–water partition coefficient (Wildman–Crippen LogP) is 4.65. The van der Waals surface area contributed by atoms with E-state index in [9.17, 15) is 0 Å². The van der Waals surface area contributed by atoms with E-state index in [1.54, 1.807) is 16.9 Å². The zero-order chi connectivity index (χ0) is 13.9. The quantitative estimate of drug-likeness (QED) is 0.847. The van der Waals surface area contributed by atoms with E-state index in [1.807, 2.05) is 6.07 Å². The molecule has 1 aromatic carbocycles. The van der Waals surface area contributed by atoms with E-state index in [4.69, 9.17) is 11.6 Å². The third-order valence-electron chi connectivity index (χ3n) is 4.18. The number of aryl methyl sites for hydroxylation is 1. The van der Waals surface area contributed by atoms with Crippen molar-refractivity contribution in [3.63, 3.8) is 0 Å². The van der Waals surface area contributed by atoms with Gasteiger partial charge in [-0.05, 0) is 49.1 Å². The fourth-order valence-corrected chi connectivity index (χ4v) is 4.45. The zero-order valence-electron chi connectivity index (χ0n) is 11.7. The maximum Gasteiger partial charge on any atom is 0.0931 e. The fraction of sp³-hybridized carbons (Fsp3) is 0.412. The minimum atomic E-state index is 0.512. The summed E-state index contributed by atoms with van der Waals surface area (Å²) in [5, 5.41) is 3.69. The number of thiophene rings is 1. The molecule has 3 heteroatoms. The van der Waals surface area contributed by atoms with Crippen LogP contribution in [0.15, 0.2) is 36.4 Å². The van der Waals surface area contributed by atoms with Gasteiger partial charge in [-0.2, -0.15) is 0 Å². The molecule has 0 aliphatic heterocycles. The van der Waals surface area contributed by atoms with Gasteiger partial charge in [0, 0.05) is 16.8 Å². The third-order valence-corrected chi connectivity index (χ3v) is 5.43. The molecule has 1 N–H and O–H groups in total. The molecular weight excluding hydrogens is 286 g/mol. The first-order valence-corrected chi connectivity index (χ1v) is 8.52. The molecular formula is C17H20ClNS. The standard InChI is InChI=1S/C17H20ClNS/c1-2-19-16(11-13-8-10-17(18)20-13)15-9-7-12-5-3-4-6-14(12)15/h3-6,8,10,15-16,19H,2,7,9,11H2,1H3. The minimum absolute atomic E-state index is 0.512. The van der Waals surface area contributed by atoms with E-state index in [0.717, 1.165) is 17.3 Å². The second-order valence-corrected chi connectivity index (χ2v) is 7.22. The number of hydrogen-bond donors (Lipinski definition) is 1. The van der Waals surface area contributed by atoms with Gasteiger partial charge in [-0.1, -0.05) is 42.8 Å². The van der Waals surface area contributed by atoms with E-state index in [2.05, 4.69) is 42.6 Å². The van der Waals surface area contributed by atoms with Crippen LogP contribution in [0.5, 0.6) is 0 Å². The van der Waals surface area contributed by atoms with Crippen LogP contribution < -0.4 is 5.32 Å². The fourth-order valence-electron chi connectivity index (χ4n) is 3.31. The molecule has 0 amide bonds. The van der Waals surface area contributed by atoms with Crippen molar-refractivity contribution in [2.45, 2.75) is 38.1 Å². The van der Waals surface area contributed by atoms with Gasteiger partial charge < -0.3 is 5.32 Å². The van der Waals surface area contributed by atoms with Gasteiger partial charge in [-0.25, -0.2) is 0 Å². The summed E-state index contributed by atoms with van der Waals surface area (Å²) in [6.45, 7) is 3.21. The number of benzene rings is 1. The number of rotatable bonds is 5. The van der Waals surface area contributed by atoms with E-state index in [0.29, 0.717) is 12.0 Å². The Bertz CT molecular complexity index is 578. The maximum absolute atomic E-state index is 6.06. The Morgan fingerprint density at radius 1 is 1.30 bits per heavy atom. The number of fused-ring (bicyclic) bond motifs is 1. The SMILES string of the molecule is CCNC(Cc1ccc(Cl)s1)C1CCc2ccccc21. The van der Waals surface area contributed by atoms with Crippen LogP contribution in [-0.2, 0) is 12.8 Å². The molecule has 0 spiro atoms. The maximum atomic E-state index is 6.06. The Kier molecular flexibility index (Phi) is 4.45. The molecule has 1 heterocycles. The molecule has 3 rings (SSSR count). The van der Waals surface area contributed by atoms with Gasteiger partial charge in [0.2, 0.25) is 0 Å². The topological polar surface area (TPSA) is 12.0 Å². The molecule has 1 aliphatic carbocycles. The lowest BCUT2D eigenvalue weighted by Gasteiger charge is -2.25. The van der Waals surface area contributed by atoms with Crippen molar-refractivity contribution in [3.05, 3.63) is 56.7 Å². The Balaban J connectivity index is 1.81. The number of likely N-dealkylation sites (N-methyl/N-ethyl adjacent to an activating group) is 1. The molecule has 0 fully saturated rings. The summed E-state index contributed by atoms with van der Waals surface area (Å²) in [7, 11) is 0. The van der Waals surface area contributed by atoms with E-state index >= 15 is 0 Å². The average molecular weight is 306 g/mol. The Hall–Kier alpha value is -0.830. The average Bonchev–Trinajstić information content (AvgIpc) is 3.04. The van der Waals surface area contributed by atoms with Crippen LogP contribution in [-0.4, -0.2) is 12.6 Å². The van der Waals surface area contributed by atoms with Crippen molar-refractivity contribution < 1.29 is 0 Å². The molecule has 20 heavy (non-hydrogen) atoms. The molecule has 0 saturated heterocycles. The van der Waals surface area contributed by atoms with Crippen LogP contribution in [0.25, 0.3) is 0 Å². The van der Waals surface area contributed by atoms with Crippen LogP contribution in [0.3, 0.4) is 0 Å². The predicted molar refractivity (Wildman–Crippen MR) is 88.0 cm³/mol. The summed E-state index contributed by atoms with van der Waals surface area (Å²) in [6, 6.07) is 13.6. The Morgan fingerprint density at radius 3 is 2.90 bits per heavy atom. The summed E-state index contributed by atoms with van der Waals surface area (Å²) in [5.41, 5.74) is 3.07. The van der Waals surface area contributed by atoms with Crippen LogP contribution in [0.2, 0.25) is 4.34 Å². The summed E-state index contributed by atoms with van der Waals surface area (Å²) < 4.78 is 0.891.